The zero-order valence-electron chi connectivity index (χ0n) is 19.0. The van der Waals surface area contributed by atoms with Gasteiger partial charge in [-0.2, -0.15) is 0 Å². The lowest BCUT2D eigenvalue weighted by Gasteiger charge is -2.28. The number of rotatable bonds is 12. The van der Waals surface area contributed by atoms with Gasteiger partial charge >= 0.3 is 5.97 Å². The minimum atomic E-state index is -1.19. The molecule has 12 heteroatoms. The molecule has 1 aromatic rings. The first-order chi connectivity index (χ1) is 16.2. The second-order valence-electron chi connectivity index (χ2n) is 8.11. The molecule has 1 saturated heterocycles. The molecule has 0 radical (unpaired) electrons. The summed E-state index contributed by atoms with van der Waals surface area (Å²) in [6, 6.07) is 6.46. The summed E-state index contributed by atoms with van der Waals surface area (Å²) >= 11 is 0. The molecule has 1 aromatic carbocycles. The number of nitrogens with two attached hydrogens (primary N) is 3. The predicted molar refractivity (Wildman–Crippen MR) is 125 cm³/mol. The van der Waals surface area contributed by atoms with Gasteiger partial charge in [-0.15, -0.1) is 0 Å². The van der Waals surface area contributed by atoms with Crippen LogP contribution in [0.3, 0.4) is 0 Å². The van der Waals surface area contributed by atoms with E-state index in [1.54, 1.807) is 24.3 Å². The van der Waals surface area contributed by atoms with E-state index in [9.17, 15) is 19.2 Å². The summed E-state index contributed by atoms with van der Waals surface area (Å²) in [4.78, 5) is 54.7. The van der Waals surface area contributed by atoms with Gasteiger partial charge in [0, 0.05) is 19.5 Å². The molecule has 186 valence electrons. The summed E-state index contributed by atoms with van der Waals surface area (Å²) in [5.41, 5.74) is 17.4. The van der Waals surface area contributed by atoms with Gasteiger partial charge in [-0.25, -0.2) is 0 Å². The number of aliphatic carboxylic acids is 1. The van der Waals surface area contributed by atoms with Crippen LogP contribution in [0.1, 0.15) is 31.2 Å². The Balaban J connectivity index is 2.04. The van der Waals surface area contributed by atoms with Gasteiger partial charge in [0.25, 0.3) is 0 Å². The quantitative estimate of drug-likeness (QED) is 0.116. The fourth-order valence-corrected chi connectivity index (χ4v) is 3.77. The van der Waals surface area contributed by atoms with Crippen molar-refractivity contribution in [3.63, 3.8) is 0 Å². The predicted octanol–water partition coefficient (Wildman–Crippen LogP) is -1.71. The molecule has 0 saturated carbocycles. The Morgan fingerprint density at radius 1 is 1.18 bits per heavy atom. The number of hydrogen-bond acceptors (Lipinski definition) is 6. The Bertz CT molecular complexity index is 889. The lowest BCUT2D eigenvalue weighted by Crippen LogP contribution is -2.56. The van der Waals surface area contributed by atoms with Gasteiger partial charge in [0.15, 0.2) is 5.96 Å². The van der Waals surface area contributed by atoms with Crippen molar-refractivity contribution in [2.75, 3.05) is 19.6 Å². The number of carbonyl (C=O) groups excluding carboxylic acids is 3. The normalized spacial score (nSPS) is 16.9. The van der Waals surface area contributed by atoms with E-state index in [-0.39, 0.29) is 18.3 Å². The van der Waals surface area contributed by atoms with Crippen LogP contribution in [0.2, 0.25) is 0 Å². The van der Waals surface area contributed by atoms with Crippen LogP contribution >= 0.6 is 0 Å². The van der Waals surface area contributed by atoms with Gasteiger partial charge in [0.2, 0.25) is 17.7 Å². The molecular formula is C22H33N7O5. The highest BCUT2D eigenvalue weighted by Gasteiger charge is 2.37. The molecule has 3 atom stereocenters. The van der Waals surface area contributed by atoms with E-state index in [1.165, 1.54) is 4.90 Å². The molecule has 9 N–H and O–H groups in total. The van der Waals surface area contributed by atoms with Crippen LogP contribution < -0.4 is 27.8 Å². The second-order valence-corrected chi connectivity index (χ2v) is 8.11. The van der Waals surface area contributed by atoms with E-state index in [0.717, 1.165) is 5.56 Å². The molecular weight excluding hydrogens is 442 g/mol. The smallest absolute Gasteiger partial charge is 0.322 e. The lowest BCUT2D eigenvalue weighted by molar-refractivity contribution is -0.141. The Hall–Kier alpha value is -3.67. The van der Waals surface area contributed by atoms with Crippen LogP contribution in [0.15, 0.2) is 35.3 Å². The van der Waals surface area contributed by atoms with Crippen molar-refractivity contribution >= 4 is 29.7 Å². The number of carboxylic acids is 1. The highest BCUT2D eigenvalue weighted by molar-refractivity contribution is 5.94. The van der Waals surface area contributed by atoms with Gasteiger partial charge in [0.1, 0.15) is 18.6 Å². The highest BCUT2D eigenvalue weighted by Crippen LogP contribution is 2.19. The van der Waals surface area contributed by atoms with Crippen LogP contribution in [0, 0.1) is 0 Å². The zero-order chi connectivity index (χ0) is 25.1. The van der Waals surface area contributed by atoms with Gasteiger partial charge in [0.05, 0.1) is 6.04 Å². The Morgan fingerprint density at radius 2 is 1.88 bits per heavy atom. The van der Waals surface area contributed by atoms with Gasteiger partial charge in [-0.3, -0.25) is 24.2 Å². The first-order valence-electron chi connectivity index (χ1n) is 11.1. The number of nitrogens with one attached hydrogen (secondary N) is 2. The maximum absolute atomic E-state index is 13.1. The van der Waals surface area contributed by atoms with Crippen molar-refractivity contribution in [1.29, 1.82) is 0 Å². The number of amides is 3. The van der Waals surface area contributed by atoms with Crippen LogP contribution in [0.5, 0.6) is 0 Å². The van der Waals surface area contributed by atoms with Crippen LogP contribution in [0.4, 0.5) is 0 Å². The van der Waals surface area contributed by atoms with Crippen LogP contribution in [0.25, 0.3) is 0 Å². The van der Waals surface area contributed by atoms with E-state index in [4.69, 9.17) is 22.3 Å². The number of carbonyl (C=O) groups is 4. The molecule has 0 aromatic heterocycles. The standard InChI is InChI=1S/C22H33N7O5/c23-15(8-4-10-26-22(24)25)21(34)29-11-5-9-17(29)20(33)28-16(19(32)27-13-18(30)31)12-14-6-2-1-3-7-14/h1-3,6-7,15-17H,4-5,8-13,23H2,(H,27,32)(H,28,33)(H,30,31)(H4,24,25,26). The Morgan fingerprint density at radius 3 is 2.53 bits per heavy atom. The first kappa shape index (κ1) is 26.6. The Labute approximate surface area is 197 Å². The molecule has 1 fully saturated rings. The SMILES string of the molecule is NC(N)=NCCCC(N)C(=O)N1CCCC1C(=O)NC(Cc1ccccc1)C(=O)NCC(=O)O. The summed E-state index contributed by atoms with van der Waals surface area (Å²) in [6.45, 7) is 0.162. The average molecular weight is 476 g/mol. The maximum Gasteiger partial charge on any atom is 0.322 e. The number of benzene rings is 1. The van der Waals surface area contributed by atoms with Crippen molar-refractivity contribution < 1.29 is 24.3 Å². The van der Waals surface area contributed by atoms with Gasteiger partial charge < -0.3 is 37.8 Å². The molecule has 2 rings (SSSR count). The fourth-order valence-electron chi connectivity index (χ4n) is 3.77. The molecule has 0 bridgehead atoms. The number of carboxylic acid groups (broad SMARTS) is 1. The number of aliphatic imine (C=N–C) groups is 1. The summed E-state index contributed by atoms with van der Waals surface area (Å²) in [7, 11) is 0. The van der Waals surface area contributed by atoms with E-state index in [1.807, 2.05) is 6.07 Å². The van der Waals surface area contributed by atoms with Crippen molar-refractivity contribution in [1.82, 2.24) is 15.5 Å². The molecule has 3 unspecified atom stereocenters. The molecule has 1 aliphatic heterocycles. The highest BCUT2D eigenvalue weighted by atomic mass is 16.4. The van der Waals surface area contributed by atoms with E-state index in [2.05, 4.69) is 15.6 Å². The monoisotopic (exact) mass is 475 g/mol. The molecule has 0 aliphatic carbocycles. The summed E-state index contributed by atoms with van der Waals surface area (Å²) < 4.78 is 0. The Kier molecular flexibility index (Phi) is 10.3. The van der Waals surface area contributed by atoms with Crippen molar-refractivity contribution in [3.05, 3.63) is 35.9 Å². The third-order valence-corrected chi connectivity index (χ3v) is 5.45. The number of likely N-dealkylation sites (tertiary alicyclic amines) is 1. The molecule has 12 nitrogen and oxygen atoms in total. The molecule has 1 heterocycles. The first-order valence-corrected chi connectivity index (χ1v) is 11.1. The van der Waals surface area contributed by atoms with E-state index < -0.39 is 42.5 Å². The average Bonchev–Trinajstić information content (AvgIpc) is 3.29. The number of hydrogen-bond donors (Lipinski definition) is 6. The molecule has 34 heavy (non-hydrogen) atoms. The zero-order valence-corrected chi connectivity index (χ0v) is 19.0. The van der Waals surface area contributed by atoms with Crippen molar-refractivity contribution in [2.45, 2.75) is 50.2 Å². The topological polar surface area (TPSA) is 206 Å². The second kappa shape index (κ2) is 13.1. The number of guanidine groups is 1. The van der Waals surface area contributed by atoms with Gasteiger partial charge in [-0.1, -0.05) is 30.3 Å². The molecule has 0 spiro atoms. The molecule has 3 amide bonds. The summed E-state index contributed by atoms with van der Waals surface area (Å²) in [6.07, 6.45) is 2.10. The van der Waals surface area contributed by atoms with Crippen LogP contribution in [-0.2, 0) is 25.6 Å². The maximum atomic E-state index is 13.1. The lowest BCUT2D eigenvalue weighted by atomic mass is 10.0. The van der Waals surface area contributed by atoms with E-state index >= 15 is 0 Å². The van der Waals surface area contributed by atoms with Crippen molar-refractivity contribution in [3.8, 4) is 0 Å². The number of nitrogens with zero attached hydrogens (tertiary/aromatic N) is 2. The third-order valence-electron chi connectivity index (χ3n) is 5.45. The van der Waals surface area contributed by atoms with E-state index in [0.29, 0.717) is 38.8 Å². The summed E-state index contributed by atoms with van der Waals surface area (Å²) in [5, 5.41) is 13.9. The van der Waals surface area contributed by atoms with Crippen molar-refractivity contribution in [2.24, 2.45) is 22.2 Å². The van der Waals surface area contributed by atoms with Gasteiger partial charge in [-0.05, 0) is 31.2 Å². The van der Waals surface area contributed by atoms with Crippen LogP contribution in [-0.4, -0.2) is 77.4 Å². The largest absolute Gasteiger partial charge is 0.480 e. The minimum absolute atomic E-state index is 0.0337. The summed E-state index contributed by atoms with van der Waals surface area (Å²) in [5.74, 6) is -2.68. The fraction of sp³-hybridized carbons (Fsp3) is 0.500. The third kappa shape index (κ3) is 8.35. The minimum Gasteiger partial charge on any atom is -0.480 e. The molecule has 1 aliphatic rings.